The Morgan fingerprint density at radius 3 is 2.44 bits per heavy atom. The molecule has 0 atom stereocenters. The second-order valence-corrected chi connectivity index (χ2v) is 4.27. The van der Waals surface area contributed by atoms with Gasteiger partial charge in [0.1, 0.15) is 11.6 Å². The van der Waals surface area contributed by atoms with Crippen LogP contribution in [0.4, 0.5) is 15.8 Å². The van der Waals surface area contributed by atoms with Crippen LogP contribution in [-0.4, -0.2) is 31.1 Å². The van der Waals surface area contributed by atoms with Crippen LogP contribution < -0.4 is 16.2 Å². The summed E-state index contributed by atoms with van der Waals surface area (Å²) in [6.45, 7) is 6.99. The Balaban J connectivity index is 2.71. The van der Waals surface area contributed by atoms with Crippen LogP contribution in [-0.2, 0) is 0 Å². The number of likely N-dealkylation sites (N-methyl/N-ethyl adjacent to an activating group) is 1. The zero-order chi connectivity index (χ0) is 13.7. The number of hydrogen-bond acceptors (Lipinski definition) is 4. The van der Waals surface area contributed by atoms with E-state index < -0.39 is 5.82 Å². The molecular weight excluding hydrogens is 257 g/mol. The maximum atomic E-state index is 13.8. The van der Waals surface area contributed by atoms with E-state index in [1.165, 1.54) is 6.07 Å². The van der Waals surface area contributed by atoms with Crippen molar-refractivity contribution < 1.29 is 9.13 Å². The van der Waals surface area contributed by atoms with Crippen LogP contribution in [0.15, 0.2) is 6.07 Å². The van der Waals surface area contributed by atoms with Gasteiger partial charge in [0.2, 0.25) is 0 Å². The van der Waals surface area contributed by atoms with E-state index in [2.05, 4.69) is 18.7 Å². The fourth-order valence-corrected chi connectivity index (χ4v) is 1.75. The smallest absolute Gasteiger partial charge is 0.187 e. The summed E-state index contributed by atoms with van der Waals surface area (Å²) < 4.78 is 19.1. The topological polar surface area (TPSA) is 64.5 Å². The molecule has 0 aliphatic heterocycles. The molecule has 4 nitrogen and oxygen atoms in total. The van der Waals surface area contributed by atoms with Crippen molar-refractivity contribution in [3.8, 4) is 5.75 Å². The van der Waals surface area contributed by atoms with Crippen LogP contribution in [0.25, 0.3) is 0 Å². The summed E-state index contributed by atoms with van der Waals surface area (Å²) >= 11 is 5.70. The minimum atomic E-state index is -0.700. The Morgan fingerprint density at radius 1 is 1.28 bits per heavy atom. The molecule has 0 saturated heterocycles. The van der Waals surface area contributed by atoms with E-state index in [1.54, 1.807) is 0 Å². The molecule has 0 spiro atoms. The molecule has 0 radical (unpaired) electrons. The number of nitrogens with two attached hydrogens (primary N) is 2. The second kappa shape index (κ2) is 6.66. The normalized spacial score (nSPS) is 10.9. The molecule has 18 heavy (non-hydrogen) atoms. The molecular formula is C12H19ClFN3O. The Labute approximate surface area is 112 Å². The fraction of sp³-hybridized carbons (Fsp3) is 0.500. The lowest BCUT2D eigenvalue weighted by Crippen LogP contribution is -2.28. The van der Waals surface area contributed by atoms with Gasteiger partial charge in [0.05, 0.1) is 11.4 Å². The molecule has 0 amide bonds. The third-order valence-corrected chi connectivity index (χ3v) is 3.15. The van der Waals surface area contributed by atoms with Gasteiger partial charge in [-0.2, -0.15) is 0 Å². The van der Waals surface area contributed by atoms with E-state index in [0.29, 0.717) is 13.2 Å². The molecule has 0 aromatic heterocycles. The van der Waals surface area contributed by atoms with Gasteiger partial charge in [-0.1, -0.05) is 25.4 Å². The first-order valence-corrected chi connectivity index (χ1v) is 6.27. The summed E-state index contributed by atoms with van der Waals surface area (Å²) in [5.41, 5.74) is 11.4. The molecule has 0 fully saturated rings. The summed E-state index contributed by atoms with van der Waals surface area (Å²) in [6.07, 6.45) is 0. The van der Waals surface area contributed by atoms with Crippen LogP contribution in [0.5, 0.6) is 5.75 Å². The third kappa shape index (κ3) is 3.40. The van der Waals surface area contributed by atoms with Crippen molar-refractivity contribution >= 4 is 23.0 Å². The maximum Gasteiger partial charge on any atom is 0.187 e. The monoisotopic (exact) mass is 275 g/mol. The van der Waals surface area contributed by atoms with Gasteiger partial charge in [-0.3, -0.25) is 0 Å². The number of rotatable bonds is 6. The molecule has 0 saturated carbocycles. The highest BCUT2D eigenvalue weighted by Gasteiger charge is 2.15. The van der Waals surface area contributed by atoms with E-state index >= 15 is 0 Å². The molecule has 0 heterocycles. The third-order valence-electron chi connectivity index (χ3n) is 2.77. The number of hydrogen-bond donors (Lipinski definition) is 2. The highest BCUT2D eigenvalue weighted by Crippen LogP contribution is 2.35. The molecule has 0 bridgehead atoms. The molecule has 0 unspecified atom stereocenters. The first kappa shape index (κ1) is 14.9. The van der Waals surface area contributed by atoms with Gasteiger partial charge < -0.3 is 21.1 Å². The van der Waals surface area contributed by atoms with Crippen LogP contribution in [0.3, 0.4) is 0 Å². The van der Waals surface area contributed by atoms with Crippen molar-refractivity contribution in [3.05, 3.63) is 16.9 Å². The second-order valence-electron chi connectivity index (χ2n) is 3.89. The fourth-order valence-electron chi connectivity index (χ4n) is 1.61. The average Bonchev–Trinajstić information content (AvgIpc) is 2.35. The zero-order valence-electron chi connectivity index (χ0n) is 10.7. The molecule has 102 valence electrons. The van der Waals surface area contributed by atoms with Crippen molar-refractivity contribution in [3.63, 3.8) is 0 Å². The summed E-state index contributed by atoms with van der Waals surface area (Å²) in [6, 6.07) is 1.40. The van der Waals surface area contributed by atoms with E-state index in [4.69, 9.17) is 27.8 Å². The van der Waals surface area contributed by atoms with Gasteiger partial charge in [-0.05, 0) is 19.2 Å². The number of halogens is 2. The Bertz CT molecular complexity index is 411. The molecule has 0 aliphatic rings. The molecule has 6 heteroatoms. The number of nitrogen functional groups attached to an aromatic ring is 2. The van der Waals surface area contributed by atoms with Gasteiger partial charge in [0.15, 0.2) is 11.6 Å². The van der Waals surface area contributed by atoms with Crippen molar-refractivity contribution in [2.45, 2.75) is 13.8 Å². The SMILES string of the molecule is CCN(CC)CCOc1c(N)cc(N)c(Cl)c1F. The van der Waals surface area contributed by atoms with Crippen LogP contribution >= 0.6 is 11.6 Å². The molecule has 0 aliphatic carbocycles. The Morgan fingerprint density at radius 2 is 1.89 bits per heavy atom. The van der Waals surface area contributed by atoms with Gasteiger partial charge in [0, 0.05) is 6.54 Å². The zero-order valence-corrected chi connectivity index (χ0v) is 11.4. The maximum absolute atomic E-state index is 13.8. The first-order chi connectivity index (χ1) is 8.51. The highest BCUT2D eigenvalue weighted by atomic mass is 35.5. The molecule has 1 rings (SSSR count). The van der Waals surface area contributed by atoms with E-state index in [0.717, 1.165) is 13.1 Å². The van der Waals surface area contributed by atoms with Gasteiger partial charge in [-0.25, -0.2) is 4.39 Å². The van der Waals surface area contributed by atoms with Crippen molar-refractivity contribution in [2.24, 2.45) is 0 Å². The number of anilines is 2. The van der Waals surface area contributed by atoms with Crippen molar-refractivity contribution in [1.82, 2.24) is 4.90 Å². The van der Waals surface area contributed by atoms with Crippen LogP contribution in [0.2, 0.25) is 5.02 Å². The molecule has 1 aromatic carbocycles. The summed E-state index contributed by atoms with van der Waals surface area (Å²) in [7, 11) is 0. The van der Waals surface area contributed by atoms with Crippen molar-refractivity contribution in [1.29, 1.82) is 0 Å². The van der Waals surface area contributed by atoms with E-state index in [1.807, 2.05) is 0 Å². The first-order valence-electron chi connectivity index (χ1n) is 5.89. The van der Waals surface area contributed by atoms with Gasteiger partial charge in [0.25, 0.3) is 0 Å². The minimum Gasteiger partial charge on any atom is -0.487 e. The Kier molecular flexibility index (Phi) is 5.50. The van der Waals surface area contributed by atoms with Crippen molar-refractivity contribution in [2.75, 3.05) is 37.7 Å². The predicted molar refractivity (Wildman–Crippen MR) is 73.5 cm³/mol. The van der Waals surface area contributed by atoms with Crippen LogP contribution in [0.1, 0.15) is 13.8 Å². The standard InChI is InChI=1S/C12H19ClFN3O/c1-3-17(4-2)5-6-18-12-9(16)7-8(15)10(13)11(12)14/h7H,3-6,15-16H2,1-2H3. The number of benzene rings is 1. The summed E-state index contributed by atoms with van der Waals surface area (Å²) in [5.74, 6) is -0.727. The summed E-state index contributed by atoms with van der Waals surface area (Å²) in [5, 5.41) is -0.151. The van der Waals surface area contributed by atoms with E-state index in [-0.39, 0.29) is 22.1 Å². The quantitative estimate of drug-likeness (QED) is 0.783. The number of nitrogens with zero attached hydrogens (tertiary/aromatic N) is 1. The van der Waals surface area contributed by atoms with Crippen LogP contribution in [0, 0.1) is 5.82 Å². The molecule has 1 aromatic rings. The largest absolute Gasteiger partial charge is 0.487 e. The summed E-state index contributed by atoms with van der Waals surface area (Å²) in [4.78, 5) is 2.16. The Hall–Kier alpha value is -1.20. The van der Waals surface area contributed by atoms with Gasteiger partial charge in [-0.15, -0.1) is 0 Å². The minimum absolute atomic E-state index is 0.0265. The van der Waals surface area contributed by atoms with Gasteiger partial charge >= 0.3 is 0 Å². The highest BCUT2D eigenvalue weighted by molar-refractivity contribution is 6.33. The predicted octanol–water partition coefficient (Wildman–Crippen LogP) is 2.36. The van der Waals surface area contributed by atoms with E-state index in [9.17, 15) is 4.39 Å². The average molecular weight is 276 g/mol. The lowest BCUT2D eigenvalue weighted by Gasteiger charge is -2.19. The molecule has 4 N–H and O–H groups in total. The lowest BCUT2D eigenvalue weighted by atomic mass is 10.2. The number of ether oxygens (including phenoxy) is 1. The lowest BCUT2D eigenvalue weighted by molar-refractivity contribution is 0.218.